The number of rotatable bonds is 0. The van der Waals surface area contributed by atoms with Crippen LogP contribution in [0.4, 0.5) is 0 Å². The first-order valence-corrected chi connectivity index (χ1v) is 0. The Kier molecular flexibility index (Phi) is 143. The predicted molar refractivity (Wildman–Crippen MR) is 5.75 cm³/mol. The fourth-order valence-corrected chi connectivity index (χ4v) is 0. The van der Waals surface area contributed by atoms with Gasteiger partial charge in [0.2, 0.25) is 0 Å². The molecular weight excluding hydrogens is 266 g/mol. The zero-order valence-electron chi connectivity index (χ0n) is 1.84. The molecular formula is BCoFePr. The Morgan fingerprint density at radius 3 is 1.00 bits per heavy atom. The van der Waals surface area contributed by atoms with Crippen LogP contribution in [0.2, 0.25) is 0 Å². The van der Waals surface area contributed by atoms with Gasteiger partial charge in [0.15, 0.2) is 0 Å². The molecule has 0 fully saturated rings. The first kappa shape index (κ1) is 31.9. The zero-order chi connectivity index (χ0) is 0. The van der Waals surface area contributed by atoms with Gasteiger partial charge in [0.1, 0.15) is 0 Å². The first-order valence-electron chi connectivity index (χ1n) is 0. The molecule has 0 saturated carbocycles. The molecule has 0 aromatic heterocycles. The molecule has 0 saturated heterocycles. The molecule has 0 bridgehead atoms. The van der Waals surface area contributed by atoms with Gasteiger partial charge >= 0.3 is 0 Å². The quantitative estimate of drug-likeness (QED) is 0.524. The van der Waals surface area contributed by atoms with Crippen LogP contribution in [0.15, 0.2) is 0 Å². The Morgan fingerprint density at radius 2 is 1.00 bits per heavy atom. The van der Waals surface area contributed by atoms with Crippen LogP contribution < -0.4 is 0 Å². The first-order chi connectivity index (χ1) is 0. The third kappa shape index (κ3) is 8.82. The molecule has 0 spiro atoms. The van der Waals surface area contributed by atoms with Crippen LogP contribution in [0, 0.1) is 41.3 Å². The van der Waals surface area contributed by atoms with Gasteiger partial charge in [0.05, 0.1) is 0 Å². The Bertz CT molecular complexity index is 8.00. The normalized spacial score (nSPS) is 0. The van der Waals surface area contributed by atoms with Gasteiger partial charge in [-0.15, -0.1) is 0 Å². The van der Waals surface area contributed by atoms with Crippen molar-refractivity contribution in [2.24, 2.45) is 0 Å². The molecule has 5 radical (unpaired) electrons. The van der Waals surface area contributed by atoms with Crippen molar-refractivity contribution in [3.8, 4) is 0 Å². The van der Waals surface area contributed by atoms with Crippen LogP contribution in [0.3, 0.4) is 0 Å². The summed E-state index contributed by atoms with van der Waals surface area (Å²) < 4.78 is 0. The van der Waals surface area contributed by atoms with E-state index in [0.717, 1.165) is 0 Å². The van der Waals surface area contributed by atoms with Gasteiger partial charge < -0.3 is 0 Å². The molecule has 4 heteroatoms. The molecule has 0 aliphatic rings. The summed E-state index contributed by atoms with van der Waals surface area (Å²) in [5, 5.41) is 0. The molecule has 0 rings (SSSR count). The molecule has 23 valence electrons. The van der Waals surface area contributed by atoms with E-state index in [4.69, 9.17) is 0 Å². The van der Waals surface area contributed by atoms with Gasteiger partial charge in [-0.25, -0.2) is 0 Å². The van der Waals surface area contributed by atoms with Crippen LogP contribution >= 0.6 is 0 Å². The molecule has 0 atom stereocenters. The minimum atomic E-state index is 0. The molecule has 0 aliphatic carbocycles. The van der Waals surface area contributed by atoms with Crippen molar-refractivity contribution in [3.63, 3.8) is 0 Å². The topological polar surface area (TPSA) is 0 Å². The third-order valence-corrected chi connectivity index (χ3v) is 0. The summed E-state index contributed by atoms with van der Waals surface area (Å²) in [5.74, 6) is 0. The van der Waals surface area contributed by atoms with Gasteiger partial charge in [-0.2, -0.15) is 0 Å². The number of hydrogen-bond donors (Lipinski definition) is 0. The molecule has 0 aliphatic heterocycles. The maximum atomic E-state index is 0. The zero-order valence-corrected chi connectivity index (χ0v) is 7.69. The second-order valence-electron chi connectivity index (χ2n) is 0. The van der Waals surface area contributed by atoms with E-state index in [9.17, 15) is 0 Å². The maximum Gasteiger partial charge on any atom is 0 e. The largest absolute Gasteiger partial charge is 0 e. The monoisotopic (exact) mass is 267 g/mol. The second-order valence-corrected chi connectivity index (χ2v) is 0. The standard InChI is InChI=1S/B.Co.Fe.Pr. The molecule has 0 unspecified atom stereocenters. The average molecular weight is 266 g/mol. The summed E-state index contributed by atoms with van der Waals surface area (Å²) in [6, 6.07) is 0. The van der Waals surface area contributed by atoms with Crippen molar-refractivity contribution in [3.05, 3.63) is 0 Å². The SMILES string of the molecule is [B].[Co].[Fe].[Pr]. The van der Waals surface area contributed by atoms with Crippen molar-refractivity contribution in [2.45, 2.75) is 0 Å². The van der Waals surface area contributed by atoms with Crippen LogP contribution in [-0.2, 0) is 33.8 Å². The Morgan fingerprint density at radius 1 is 1.00 bits per heavy atom. The van der Waals surface area contributed by atoms with E-state index in [2.05, 4.69) is 0 Å². The summed E-state index contributed by atoms with van der Waals surface area (Å²) in [4.78, 5) is 0. The summed E-state index contributed by atoms with van der Waals surface area (Å²) in [5.41, 5.74) is 0. The molecule has 0 aromatic carbocycles. The predicted octanol–water partition coefficient (Wildman–Crippen LogP) is -0.386. The minimum absolute atomic E-state index is 0. The van der Waals surface area contributed by atoms with E-state index in [-0.39, 0.29) is 83.6 Å². The molecule has 0 N–H and O–H groups in total. The summed E-state index contributed by atoms with van der Waals surface area (Å²) in [6.07, 6.45) is 0. The van der Waals surface area contributed by atoms with Crippen LogP contribution in [-0.4, -0.2) is 8.41 Å². The van der Waals surface area contributed by atoms with E-state index in [1.807, 2.05) is 0 Å². The molecule has 0 nitrogen and oxygen atoms in total. The van der Waals surface area contributed by atoms with E-state index in [0.29, 0.717) is 0 Å². The van der Waals surface area contributed by atoms with Gasteiger partial charge in [-0.1, -0.05) is 0 Å². The summed E-state index contributed by atoms with van der Waals surface area (Å²) >= 11 is 0. The van der Waals surface area contributed by atoms with Crippen molar-refractivity contribution in [1.29, 1.82) is 0 Å². The van der Waals surface area contributed by atoms with Crippen molar-refractivity contribution >= 4 is 8.41 Å². The average Bonchev–Trinajstić information content (AvgIpc) is 0. The van der Waals surface area contributed by atoms with E-state index in [1.54, 1.807) is 0 Å². The molecule has 0 heterocycles. The van der Waals surface area contributed by atoms with Crippen molar-refractivity contribution in [1.82, 2.24) is 0 Å². The van der Waals surface area contributed by atoms with Crippen LogP contribution in [0.25, 0.3) is 0 Å². The number of hydrogen-bond acceptors (Lipinski definition) is 0. The van der Waals surface area contributed by atoms with Gasteiger partial charge in [-0.3, -0.25) is 0 Å². The van der Waals surface area contributed by atoms with E-state index < -0.39 is 0 Å². The summed E-state index contributed by atoms with van der Waals surface area (Å²) in [6.45, 7) is 0. The van der Waals surface area contributed by atoms with E-state index in [1.165, 1.54) is 0 Å². The minimum Gasteiger partial charge on any atom is 0 e. The molecule has 4 heavy (non-hydrogen) atoms. The van der Waals surface area contributed by atoms with Crippen LogP contribution in [0.1, 0.15) is 0 Å². The summed E-state index contributed by atoms with van der Waals surface area (Å²) in [7, 11) is 0. The fraction of sp³-hybridized carbons (Fsp3) is 0. The Labute approximate surface area is 82.1 Å². The Hall–Kier alpha value is 2.45. The molecule has 0 aromatic rings. The van der Waals surface area contributed by atoms with Crippen molar-refractivity contribution < 1.29 is 75.1 Å². The maximum absolute atomic E-state index is 0. The van der Waals surface area contributed by atoms with E-state index >= 15 is 0 Å². The van der Waals surface area contributed by atoms with Crippen LogP contribution in [0.5, 0.6) is 0 Å². The van der Waals surface area contributed by atoms with Gasteiger partial charge in [-0.05, 0) is 0 Å². The fourth-order valence-electron chi connectivity index (χ4n) is 0. The van der Waals surface area contributed by atoms with Crippen molar-refractivity contribution in [2.75, 3.05) is 0 Å². The smallest absolute Gasteiger partial charge is 0 e. The van der Waals surface area contributed by atoms with Gasteiger partial charge in [0, 0.05) is 83.6 Å². The Balaban J connectivity index is 0. The molecule has 0 amide bonds. The second kappa shape index (κ2) is 18.0. The van der Waals surface area contributed by atoms with Gasteiger partial charge in [0.25, 0.3) is 0 Å². The third-order valence-electron chi connectivity index (χ3n) is 0.